The van der Waals surface area contributed by atoms with Gasteiger partial charge < -0.3 is 0 Å². The molecule has 0 aromatic heterocycles. The van der Waals surface area contributed by atoms with Crippen molar-refractivity contribution in [3.8, 4) is 0 Å². The average molecular weight is 154 g/mol. The van der Waals surface area contributed by atoms with E-state index in [2.05, 4.69) is 0 Å². The van der Waals surface area contributed by atoms with Gasteiger partial charge in [-0.15, -0.1) is 0 Å². The van der Waals surface area contributed by atoms with Gasteiger partial charge in [-0.05, 0) is 11.0 Å². The second kappa shape index (κ2) is 27.6. The third-order valence-corrected chi connectivity index (χ3v) is 0. The summed E-state index contributed by atoms with van der Waals surface area (Å²) < 4.78 is 0. The maximum absolute atomic E-state index is 0. The van der Waals surface area contributed by atoms with Gasteiger partial charge in [0, 0.05) is 42.3 Å². The molecule has 0 fully saturated rings. The Bertz CT molecular complexity index is 8.00. The van der Waals surface area contributed by atoms with Gasteiger partial charge in [0.25, 0.3) is 0 Å². The summed E-state index contributed by atoms with van der Waals surface area (Å²) in [5, 5.41) is 0. The first-order chi connectivity index (χ1) is 0. The van der Waals surface area contributed by atoms with Crippen molar-refractivity contribution in [3.63, 3.8) is 0 Å². The molecule has 0 amide bonds. The van der Waals surface area contributed by atoms with E-state index in [1.165, 1.54) is 0 Å². The van der Waals surface area contributed by atoms with Gasteiger partial charge in [0.1, 0.15) is 0 Å². The molecular formula is H4BCrNiSi. The van der Waals surface area contributed by atoms with Crippen LogP contribution >= 0.6 is 0 Å². The summed E-state index contributed by atoms with van der Waals surface area (Å²) in [4.78, 5) is 0. The summed E-state index contributed by atoms with van der Waals surface area (Å²) in [6, 6.07) is 0. The monoisotopic (exact) mass is 153 g/mol. The molecule has 0 aromatic rings. The Morgan fingerprint density at radius 1 is 1.00 bits per heavy atom. The summed E-state index contributed by atoms with van der Waals surface area (Å²) in [6.07, 6.45) is 0. The zero-order valence-corrected chi connectivity index (χ0v) is 3.56. The zero-order valence-electron chi connectivity index (χ0n) is 1.30. The normalized spacial score (nSPS) is 0. The van der Waals surface area contributed by atoms with Crippen LogP contribution in [0.5, 0.6) is 0 Å². The fraction of sp³-hybridized carbons (Fsp3) is 0. The molecule has 0 saturated heterocycles. The number of hydrogen-bond acceptors (Lipinski definition) is 0. The average Bonchev–Trinajstić information content (AvgIpc) is 0. The van der Waals surface area contributed by atoms with Gasteiger partial charge in [-0.1, -0.05) is 0 Å². The molecule has 0 N–H and O–H groups in total. The van der Waals surface area contributed by atoms with E-state index >= 15 is 0 Å². The molecule has 0 aromatic carbocycles. The minimum atomic E-state index is 0. The second-order valence-electron chi connectivity index (χ2n) is 0. The van der Waals surface area contributed by atoms with Crippen LogP contribution in [0.1, 0.15) is 0 Å². The predicted molar refractivity (Wildman–Crippen MR) is 17.1 cm³/mol. The Morgan fingerprint density at radius 2 is 1.00 bits per heavy atom. The van der Waals surface area contributed by atoms with E-state index in [-0.39, 0.29) is 53.2 Å². The Hall–Kier alpha value is 1.31. The Balaban J connectivity index is 0. The molecule has 0 unspecified atom stereocenters. The standard InChI is InChI=1S/B.Cr.Ni.H4Si/h;;;1H4. The summed E-state index contributed by atoms with van der Waals surface area (Å²) in [7, 11) is 0. The van der Waals surface area contributed by atoms with Crippen molar-refractivity contribution >= 4 is 19.4 Å². The molecule has 0 spiro atoms. The predicted octanol–water partition coefficient (Wildman–Crippen LogP) is -1.84. The van der Waals surface area contributed by atoms with E-state index in [9.17, 15) is 0 Å². The van der Waals surface area contributed by atoms with Crippen LogP contribution in [0.4, 0.5) is 0 Å². The maximum Gasteiger partial charge on any atom is 0 e. The first-order valence-electron chi connectivity index (χ1n) is 0. The molecule has 0 heterocycles. The topological polar surface area (TPSA) is 0 Å². The van der Waals surface area contributed by atoms with Gasteiger partial charge in [-0.25, -0.2) is 0 Å². The zero-order chi connectivity index (χ0) is 0. The smallest absolute Gasteiger partial charge is 0 e. The van der Waals surface area contributed by atoms with Crippen molar-refractivity contribution in [3.05, 3.63) is 0 Å². The fourth-order valence-electron chi connectivity index (χ4n) is 0. The van der Waals surface area contributed by atoms with Crippen LogP contribution in [0.2, 0.25) is 0 Å². The van der Waals surface area contributed by atoms with Crippen LogP contribution in [-0.4, -0.2) is 19.4 Å². The molecule has 0 nitrogen and oxygen atoms in total. The molecule has 27 valence electrons. The quantitative estimate of drug-likeness (QED) is 0.359. The van der Waals surface area contributed by atoms with Crippen LogP contribution in [0, 0.1) is 0 Å². The van der Waals surface area contributed by atoms with E-state index in [4.69, 9.17) is 0 Å². The maximum atomic E-state index is 0. The summed E-state index contributed by atoms with van der Waals surface area (Å²) in [5.41, 5.74) is 0. The SMILES string of the molecule is [B].[Cr].[Ni].[SiH4]. The molecule has 0 aliphatic rings. The van der Waals surface area contributed by atoms with Gasteiger partial charge in [-0.3, -0.25) is 0 Å². The van der Waals surface area contributed by atoms with Gasteiger partial charge in [0.2, 0.25) is 0 Å². The van der Waals surface area contributed by atoms with Crippen LogP contribution in [0.15, 0.2) is 0 Å². The van der Waals surface area contributed by atoms with Crippen LogP contribution in [-0.2, 0) is 33.9 Å². The van der Waals surface area contributed by atoms with Gasteiger partial charge >= 0.3 is 0 Å². The molecule has 0 atom stereocenters. The molecule has 0 aliphatic carbocycles. The van der Waals surface area contributed by atoms with E-state index in [1.807, 2.05) is 0 Å². The van der Waals surface area contributed by atoms with Crippen molar-refractivity contribution in [1.29, 1.82) is 0 Å². The molecule has 4 heavy (non-hydrogen) atoms. The minimum absolute atomic E-state index is 0. The van der Waals surface area contributed by atoms with Gasteiger partial charge in [0.05, 0.1) is 0 Å². The molecule has 3 radical (unpaired) electrons. The minimum Gasteiger partial charge on any atom is -0.0149 e. The van der Waals surface area contributed by atoms with Crippen LogP contribution in [0.3, 0.4) is 0 Å². The Kier molecular flexibility index (Phi) is 397. The Morgan fingerprint density at radius 3 is 1.00 bits per heavy atom. The Labute approximate surface area is 53.4 Å². The van der Waals surface area contributed by atoms with E-state index < -0.39 is 0 Å². The largest absolute Gasteiger partial charge is 0.0149 e. The van der Waals surface area contributed by atoms with Crippen molar-refractivity contribution in [2.45, 2.75) is 0 Å². The van der Waals surface area contributed by atoms with Crippen LogP contribution in [0.25, 0.3) is 0 Å². The molecular weight excluding hydrogens is 150 g/mol. The summed E-state index contributed by atoms with van der Waals surface area (Å²) in [6.45, 7) is 0. The summed E-state index contributed by atoms with van der Waals surface area (Å²) >= 11 is 0. The third kappa shape index (κ3) is 10.3. The number of hydrogen-bond donors (Lipinski definition) is 0. The number of rotatable bonds is 0. The molecule has 0 bridgehead atoms. The summed E-state index contributed by atoms with van der Waals surface area (Å²) in [5.74, 6) is 0. The third-order valence-electron chi connectivity index (χ3n) is 0. The molecule has 0 saturated carbocycles. The van der Waals surface area contributed by atoms with Gasteiger partial charge in [-0.2, -0.15) is 0 Å². The van der Waals surface area contributed by atoms with Crippen molar-refractivity contribution < 1.29 is 33.9 Å². The van der Waals surface area contributed by atoms with Crippen LogP contribution < -0.4 is 0 Å². The first-order valence-corrected chi connectivity index (χ1v) is 0. The van der Waals surface area contributed by atoms with Gasteiger partial charge in [0.15, 0.2) is 0 Å². The van der Waals surface area contributed by atoms with Crippen molar-refractivity contribution in [2.24, 2.45) is 0 Å². The van der Waals surface area contributed by atoms with Crippen molar-refractivity contribution in [2.75, 3.05) is 0 Å². The fourth-order valence-corrected chi connectivity index (χ4v) is 0. The van der Waals surface area contributed by atoms with E-state index in [0.717, 1.165) is 0 Å². The van der Waals surface area contributed by atoms with E-state index in [1.54, 1.807) is 0 Å². The van der Waals surface area contributed by atoms with E-state index in [0.29, 0.717) is 0 Å². The van der Waals surface area contributed by atoms with Crippen molar-refractivity contribution in [1.82, 2.24) is 0 Å². The molecule has 0 aliphatic heterocycles. The molecule has 4 heteroatoms. The first kappa shape index (κ1) is 57.6. The molecule has 0 rings (SSSR count). The second-order valence-corrected chi connectivity index (χ2v) is 0.